The van der Waals surface area contributed by atoms with Crippen LogP contribution in [0.5, 0.6) is 0 Å². The lowest BCUT2D eigenvalue weighted by Crippen LogP contribution is -2.54. The lowest BCUT2D eigenvalue weighted by atomic mass is 9.94. The highest BCUT2D eigenvalue weighted by Crippen LogP contribution is 2.24. The summed E-state index contributed by atoms with van der Waals surface area (Å²) in [5.41, 5.74) is 1.16. The van der Waals surface area contributed by atoms with Gasteiger partial charge >= 0.3 is 6.03 Å². The van der Waals surface area contributed by atoms with Gasteiger partial charge in [-0.05, 0) is 45.1 Å². The Morgan fingerprint density at radius 1 is 1.28 bits per heavy atom. The third-order valence-electron chi connectivity index (χ3n) is 5.05. The van der Waals surface area contributed by atoms with Gasteiger partial charge in [-0.25, -0.2) is 4.79 Å². The molecule has 2 fully saturated rings. The number of hydrogen-bond acceptors (Lipinski definition) is 3. The molecule has 0 unspecified atom stereocenters. The molecule has 2 aliphatic heterocycles. The maximum Gasteiger partial charge on any atom is 0.317 e. The molecular weight excluding hydrogens is 316 g/mol. The molecule has 138 valence electrons. The highest BCUT2D eigenvalue weighted by molar-refractivity contribution is 5.74. The fourth-order valence-electron chi connectivity index (χ4n) is 3.67. The third kappa shape index (κ3) is 5.44. The zero-order valence-electron chi connectivity index (χ0n) is 15.4. The van der Waals surface area contributed by atoms with Crippen LogP contribution in [-0.2, 0) is 15.9 Å². The molecule has 1 N–H and O–H groups in total. The predicted octanol–water partition coefficient (Wildman–Crippen LogP) is 2.99. The van der Waals surface area contributed by atoms with Crippen LogP contribution in [0.4, 0.5) is 4.79 Å². The monoisotopic (exact) mass is 346 g/mol. The summed E-state index contributed by atoms with van der Waals surface area (Å²) in [6.45, 7) is 6.83. The van der Waals surface area contributed by atoms with Crippen molar-refractivity contribution in [1.82, 2.24) is 10.2 Å². The van der Waals surface area contributed by atoms with Crippen LogP contribution in [0.25, 0.3) is 0 Å². The van der Waals surface area contributed by atoms with Crippen LogP contribution >= 0.6 is 0 Å². The van der Waals surface area contributed by atoms with E-state index in [9.17, 15) is 4.79 Å². The van der Waals surface area contributed by atoms with Crippen LogP contribution in [0.3, 0.4) is 0 Å². The highest BCUT2D eigenvalue weighted by Gasteiger charge is 2.31. The smallest absolute Gasteiger partial charge is 0.317 e. The van der Waals surface area contributed by atoms with Crippen LogP contribution in [0.1, 0.15) is 38.7 Å². The fourth-order valence-corrected chi connectivity index (χ4v) is 3.67. The van der Waals surface area contributed by atoms with Gasteiger partial charge in [-0.3, -0.25) is 0 Å². The third-order valence-corrected chi connectivity index (χ3v) is 5.05. The summed E-state index contributed by atoms with van der Waals surface area (Å²) >= 11 is 0. The molecule has 25 heavy (non-hydrogen) atoms. The van der Waals surface area contributed by atoms with Gasteiger partial charge in [-0.15, -0.1) is 0 Å². The predicted molar refractivity (Wildman–Crippen MR) is 97.7 cm³/mol. The lowest BCUT2D eigenvalue weighted by molar-refractivity contribution is -0.0626. The summed E-state index contributed by atoms with van der Waals surface area (Å²) in [4.78, 5) is 14.5. The second kappa shape index (κ2) is 8.19. The highest BCUT2D eigenvalue weighted by atomic mass is 16.5. The van der Waals surface area contributed by atoms with Crippen LogP contribution in [-0.4, -0.2) is 55.0 Å². The Kier molecular flexibility index (Phi) is 5.97. The number of rotatable bonds is 4. The minimum Gasteiger partial charge on any atom is -0.375 e. The van der Waals surface area contributed by atoms with E-state index in [0.29, 0.717) is 26.3 Å². The minimum atomic E-state index is -0.153. The molecule has 0 aromatic heterocycles. The molecule has 0 aliphatic carbocycles. The normalized spacial score (nSPS) is 26.2. The molecule has 1 aromatic rings. The number of aryl methyl sites for hydroxylation is 1. The Balaban J connectivity index is 1.46. The van der Waals surface area contributed by atoms with Crippen molar-refractivity contribution in [3.05, 3.63) is 35.9 Å². The van der Waals surface area contributed by atoms with Crippen LogP contribution in [0.2, 0.25) is 0 Å². The number of hydrogen-bond donors (Lipinski definition) is 1. The second-order valence-electron chi connectivity index (χ2n) is 7.71. The number of amides is 2. The largest absolute Gasteiger partial charge is 0.375 e. The summed E-state index contributed by atoms with van der Waals surface area (Å²) in [7, 11) is 0. The van der Waals surface area contributed by atoms with E-state index < -0.39 is 0 Å². The molecule has 2 aliphatic rings. The molecule has 1 aromatic carbocycles. The topological polar surface area (TPSA) is 50.8 Å². The Labute approximate surface area is 150 Å². The molecule has 0 saturated carbocycles. The molecule has 2 saturated heterocycles. The number of morpholine rings is 1. The average molecular weight is 346 g/mol. The Morgan fingerprint density at radius 3 is 2.84 bits per heavy atom. The Morgan fingerprint density at radius 2 is 2.08 bits per heavy atom. The molecule has 3 rings (SSSR count). The summed E-state index contributed by atoms with van der Waals surface area (Å²) < 4.78 is 11.6. The van der Waals surface area contributed by atoms with Gasteiger partial charge in [-0.1, -0.05) is 30.3 Å². The molecule has 0 radical (unpaired) electrons. The van der Waals surface area contributed by atoms with Crippen LogP contribution in [0, 0.1) is 0 Å². The quantitative estimate of drug-likeness (QED) is 0.912. The molecule has 2 atom stereocenters. The first-order valence-corrected chi connectivity index (χ1v) is 9.37. The number of nitrogens with one attached hydrogen (secondary N) is 1. The number of benzene rings is 1. The molecule has 0 spiro atoms. The van der Waals surface area contributed by atoms with E-state index in [4.69, 9.17) is 9.47 Å². The number of urea groups is 1. The number of carbonyl (C=O) groups excluding carboxylic acids is 1. The summed E-state index contributed by atoms with van der Waals surface area (Å²) in [6.07, 6.45) is 3.79. The first-order valence-electron chi connectivity index (χ1n) is 9.37. The van der Waals surface area contributed by atoms with Gasteiger partial charge in [0.05, 0.1) is 18.3 Å². The van der Waals surface area contributed by atoms with Gasteiger partial charge < -0.3 is 19.7 Å². The van der Waals surface area contributed by atoms with E-state index in [-0.39, 0.29) is 23.8 Å². The zero-order chi connectivity index (χ0) is 17.7. The van der Waals surface area contributed by atoms with Crippen molar-refractivity contribution >= 4 is 6.03 Å². The summed E-state index contributed by atoms with van der Waals surface area (Å²) in [5.74, 6) is 0. The number of carbonyl (C=O) groups is 1. The van der Waals surface area contributed by atoms with E-state index in [1.54, 1.807) is 0 Å². The SMILES string of the molecule is CC1(C)C[C@@H](NC(=O)N2CCO[C@H](CCc3ccccc3)C2)CCO1. The van der Waals surface area contributed by atoms with Gasteiger partial charge in [0.25, 0.3) is 0 Å². The second-order valence-corrected chi connectivity index (χ2v) is 7.71. The van der Waals surface area contributed by atoms with Crippen LogP contribution < -0.4 is 5.32 Å². The molecule has 2 heterocycles. The number of ether oxygens (including phenoxy) is 2. The van der Waals surface area contributed by atoms with Crippen molar-refractivity contribution in [3.63, 3.8) is 0 Å². The summed E-state index contributed by atoms with van der Waals surface area (Å²) in [6, 6.07) is 10.7. The van der Waals surface area contributed by atoms with Crippen molar-refractivity contribution in [1.29, 1.82) is 0 Å². The van der Waals surface area contributed by atoms with E-state index in [1.807, 2.05) is 11.0 Å². The van der Waals surface area contributed by atoms with Crippen molar-refractivity contribution in [2.75, 3.05) is 26.3 Å². The van der Waals surface area contributed by atoms with Gasteiger partial charge in [0.1, 0.15) is 0 Å². The van der Waals surface area contributed by atoms with Crippen LogP contribution in [0.15, 0.2) is 30.3 Å². The lowest BCUT2D eigenvalue weighted by Gasteiger charge is -2.38. The van der Waals surface area contributed by atoms with Gasteiger partial charge in [0.15, 0.2) is 0 Å². The zero-order valence-corrected chi connectivity index (χ0v) is 15.4. The molecule has 2 amide bonds. The van der Waals surface area contributed by atoms with Gasteiger partial charge in [0, 0.05) is 25.7 Å². The summed E-state index contributed by atoms with van der Waals surface area (Å²) in [5, 5.41) is 3.19. The average Bonchev–Trinajstić information content (AvgIpc) is 2.60. The molecule has 5 nitrogen and oxygen atoms in total. The van der Waals surface area contributed by atoms with Gasteiger partial charge in [-0.2, -0.15) is 0 Å². The molecule has 0 bridgehead atoms. The first-order chi connectivity index (χ1) is 12.0. The first kappa shape index (κ1) is 18.2. The van der Waals surface area contributed by atoms with Crippen molar-refractivity contribution < 1.29 is 14.3 Å². The Bertz CT molecular complexity index is 561. The fraction of sp³-hybridized carbons (Fsp3) is 0.650. The minimum absolute atomic E-state index is 0.0377. The van der Waals surface area contributed by atoms with Crippen molar-refractivity contribution in [2.24, 2.45) is 0 Å². The van der Waals surface area contributed by atoms with E-state index in [2.05, 4.69) is 43.4 Å². The maximum absolute atomic E-state index is 12.6. The van der Waals surface area contributed by atoms with E-state index in [0.717, 1.165) is 25.7 Å². The van der Waals surface area contributed by atoms with E-state index >= 15 is 0 Å². The maximum atomic E-state index is 12.6. The van der Waals surface area contributed by atoms with Crippen molar-refractivity contribution in [2.45, 2.75) is 57.3 Å². The number of nitrogens with zero attached hydrogens (tertiary/aromatic N) is 1. The molecular formula is C20H30N2O3. The van der Waals surface area contributed by atoms with Gasteiger partial charge in [0.2, 0.25) is 0 Å². The Hall–Kier alpha value is -1.59. The van der Waals surface area contributed by atoms with E-state index in [1.165, 1.54) is 5.56 Å². The van der Waals surface area contributed by atoms with Crippen molar-refractivity contribution in [3.8, 4) is 0 Å². The molecule has 5 heteroatoms. The standard InChI is InChI=1S/C20H30N2O3/c1-20(2)14-17(10-12-25-20)21-19(23)22-11-13-24-18(15-22)9-8-16-6-4-3-5-7-16/h3-7,17-18H,8-15H2,1-2H3,(H,21,23)/t17-,18+/m0/s1.